The summed E-state index contributed by atoms with van der Waals surface area (Å²) in [6.45, 7) is 1.04. The molecule has 9 nitrogen and oxygen atoms in total. The molecule has 1 aromatic rings. The zero-order chi connectivity index (χ0) is 14.1. The Morgan fingerprint density at radius 3 is 2.95 bits per heavy atom. The summed E-state index contributed by atoms with van der Waals surface area (Å²) in [4.78, 5) is 21.8. The summed E-state index contributed by atoms with van der Waals surface area (Å²) < 4.78 is 6.04. The number of carbonyl (C=O) groups excluding carboxylic acids is 1. The standard InChI is InChI=1S/C10H17N5O4/c1-19-4-2-3-11-10(18)12-5-8-6-15(14-13-8)7-9(16)17/h6H,2-5,7H2,1H3,(H,16,17)(H2,11,12,18). The molecule has 0 aliphatic rings. The molecule has 0 saturated heterocycles. The van der Waals surface area contributed by atoms with Crippen LogP contribution in [0.25, 0.3) is 0 Å². The van der Waals surface area contributed by atoms with Gasteiger partial charge in [-0.2, -0.15) is 0 Å². The molecule has 0 radical (unpaired) electrons. The van der Waals surface area contributed by atoms with Gasteiger partial charge in [-0.05, 0) is 6.42 Å². The van der Waals surface area contributed by atoms with Crippen LogP contribution in [0, 0.1) is 0 Å². The maximum absolute atomic E-state index is 11.4. The maximum Gasteiger partial charge on any atom is 0.325 e. The number of aliphatic carboxylic acids is 1. The van der Waals surface area contributed by atoms with E-state index < -0.39 is 5.97 Å². The first kappa shape index (κ1) is 14.9. The van der Waals surface area contributed by atoms with Gasteiger partial charge in [0.15, 0.2) is 0 Å². The highest BCUT2D eigenvalue weighted by Gasteiger charge is 2.05. The molecule has 3 N–H and O–H groups in total. The number of carboxylic acid groups (broad SMARTS) is 1. The van der Waals surface area contributed by atoms with Crippen LogP contribution in [0.1, 0.15) is 12.1 Å². The number of carboxylic acids is 1. The largest absolute Gasteiger partial charge is 0.480 e. The zero-order valence-electron chi connectivity index (χ0n) is 10.6. The van der Waals surface area contributed by atoms with Crippen molar-refractivity contribution < 1.29 is 19.4 Å². The molecule has 0 spiro atoms. The molecule has 0 bridgehead atoms. The number of nitrogens with zero attached hydrogens (tertiary/aromatic N) is 3. The highest BCUT2D eigenvalue weighted by Crippen LogP contribution is 1.92. The highest BCUT2D eigenvalue weighted by atomic mass is 16.5. The van der Waals surface area contributed by atoms with Crippen LogP contribution in [0.15, 0.2) is 6.20 Å². The average molecular weight is 271 g/mol. The van der Waals surface area contributed by atoms with E-state index in [0.717, 1.165) is 6.42 Å². The maximum atomic E-state index is 11.4. The number of amides is 2. The van der Waals surface area contributed by atoms with Crippen molar-refractivity contribution in [2.75, 3.05) is 20.3 Å². The van der Waals surface area contributed by atoms with Gasteiger partial charge in [0.25, 0.3) is 0 Å². The lowest BCUT2D eigenvalue weighted by Gasteiger charge is -2.05. The highest BCUT2D eigenvalue weighted by molar-refractivity contribution is 5.73. The van der Waals surface area contributed by atoms with Gasteiger partial charge in [-0.25, -0.2) is 9.48 Å². The molecule has 106 valence electrons. The van der Waals surface area contributed by atoms with Crippen molar-refractivity contribution in [1.29, 1.82) is 0 Å². The van der Waals surface area contributed by atoms with E-state index in [9.17, 15) is 9.59 Å². The van der Waals surface area contributed by atoms with E-state index in [1.54, 1.807) is 7.11 Å². The quantitative estimate of drug-likeness (QED) is 0.533. The Bertz CT molecular complexity index is 420. The molecule has 2 amide bonds. The van der Waals surface area contributed by atoms with E-state index in [4.69, 9.17) is 9.84 Å². The lowest BCUT2D eigenvalue weighted by atomic mass is 10.4. The molecule has 0 unspecified atom stereocenters. The summed E-state index contributed by atoms with van der Waals surface area (Å²) >= 11 is 0. The van der Waals surface area contributed by atoms with Crippen LogP contribution in [-0.2, 0) is 22.6 Å². The van der Waals surface area contributed by atoms with Crippen LogP contribution in [-0.4, -0.2) is 52.4 Å². The van der Waals surface area contributed by atoms with Gasteiger partial charge in [-0.3, -0.25) is 4.79 Å². The van der Waals surface area contributed by atoms with E-state index in [2.05, 4.69) is 20.9 Å². The lowest BCUT2D eigenvalue weighted by Crippen LogP contribution is -2.35. The number of hydrogen-bond acceptors (Lipinski definition) is 5. The Morgan fingerprint density at radius 2 is 2.26 bits per heavy atom. The zero-order valence-corrected chi connectivity index (χ0v) is 10.6. The molecule has 0 fully saturated rings. The number of rotatable bonds is 8. The van der Waals surface area contributed by atoms with Crippen molar-refractivity contribution in [3.63, 3.8) is 0 Å². The topological polar surface area (TPSA) is 118 Å². The first-order chi connectivity index (χ1) is 9.11. The van der Waals surface area contributed by atoms with Gasteiger partial charge in [0, 0.05) is 20.3 Å². The van der Waals surface area contributed by atoms with Gasteiger partial charge >= 0.3 is 12.0 Å². The van der Waals surface area contributed by atoms with Crippen LogP contribution in [0.2, 0.25) is 0 Å². The summed E-state index contributed by atoms with van der Waals surface area (Å²) in [6.07, 6.45) is 2.21. The predicted molar refractivity (Wildman–Crippen MR) is 64.4 cm³/mol. The summed E-state index contributed by atoms with van der Waals surface area (Å²) in [7, 11) is 1.60. The second-order valence-corrected chi connectivity index (χ2v) is 3.76. The van der Waals surface area contributed by atoms with Gasteiger partial charge in [-0.1, -0.05) is 5.21 Å². The normalized spacial score (nSPS) is 10.2. The van der Waals surface area contributed by atoms with Gasteiger partial charge in [-0.15, -0.1) is 5.10 Å². The van der Waals surface area contributed by atoms with Gasteiger partial charge in [0.1, 0.15) is 12.2 Å². The Hall–Kier alpha value is -2.16. The number of hydrogen-bond donors (Lipinski definition) is 3. The summed E-state index contributed by atoms with van der Waals surface area (Å²) in [5.41, 5.74) is 0.494. The fraction of sp³-hybridized carbons (Fsp3) is 0.600. The number of ether oxygens (including phenoxy) is 1. The van der Waals surface area contributed by atoms with Crippen molar-refractivity contribution in [3.05, 3.63) is 11.9 Å². The average Bonchev–Trinajstić information content (AvgIpc) is 2.79. The van der Waals surface area contributed by atoms with E-state index >= 15 is 0 Å². The molecular weight excluding hydrogens is 254 g/mol. The van der Waals surface area contributed by atoms with Gasteiger partial charge < -0.3 is 20.5 Å². The first-order valence-electron chi connectivity index (χ1n) is 5.73. The van der Waals surface area contributed by atoms with Crippen molar-refractivity contribution >= 4 is 12.0 Å². The monoisotopic (exact) mass is 271 g/mol. The predicted octanol–water partition coefficient (Wildman–Crippen LogP) is -0.802. The molecule has 0 aromatic carbocycles. The van der Waals surface area contributed by atoms with Crippen molar-refractivity contribution in [3.8, 4) is 0 Å². The van der Waals surface area contributed by atoms with Crippen LogP contribution in [0.3, 0.4) is 0 Å². The Morgan fingerprint density at radius 1 is 1.47 bits per heavy atom. The molecule has 0 aliphatic carbocycles. The van der Waals surface area contributed by atoms with Crippen LogP contribution in [0.4, 0.5) is 4.79 Å². The molecule has 19 heavy (non-hydrogen) atoms. The lowest BCUT2D eigenvalue weighted by molar-refractivity contribution is -0.137. The van der Waals surface area contributed by atoms with Crippen LogP contribution in [0.5, 0.6) is 0 Å². The number of urea groups is 1. The van der Waals surface area contributed by atoms with E-state index in [-0.39, 0.29) is 19.1 Å². The van der Waals surface area contributed by atoms with Crippen LogP contribution < -0.4 is 10.6 Å². The minimum Gasteiger partial charge on any atom is -0.480 e. The minimum atomic E-state index is -1.000. The molecule has 0 atom stereocenters. The molecule has 0 aliphatic heterocycles. The second-order valence-electron chi connectivity index (χ2n) is 3.76. The fourth-order valence-corrected chi connectivity index (χ4v) is 1.29. The third-order valence-corrected chi connectivity index (χ3v) is 2.12. The van der Waals surface area contributed by atoms with Crippen molar-refractivity contribution in [2.45, 2.75) is 19.5 Å². The number of methoxy groups -OCH3 is 1. The van der Waals surface area contributed by atoms with Crippen LogP contribution >= 0.6 is 0 Å². The molecule has 1 rings (SSSR count). The molecule has 1 heterocycles. The minimum absolute atomic E-state index is 0.190. The van der Waals surface area contributed by atoms with Crippen molar-refractivity contribution in [2.24, 2.45) is 0 Å². The van der Waals surface area contributed by atoms with E-state index in [0.29, 0.717) is 18.8 Å². The van der Waals surface area contributed by atoms with Crippen molar-refractivity contribution in [1.82, 2.24) is 25.6 Å². The SMILES string of the molecule is COCCCNC(=O)NCc1cn(CC(=O)O)nn1. The number of aromatic nitrogens is 3. The van der Waals surface area contributed by atoms with E-state index in [1.807, 2.05) is 0 Å². The molecular formula is C10H17N5O4. The Labute approximate surface area is 109 Å². The van der Waals surface area contributed by atoms with Gasteiger partial charge in [0.05, 0.1) is 12.7 Å². The Balaban J connectivity index is 2.22. The molecule has 1 aromatic heterocycles. The smallest absolute Gasteiger partial charge is 0.325 e. The number of nitrogens with one attached hydrogen (secondary N) is 2. The molecule has 0 saturated carbocycles. The summed E-state index contributed by atoms with van der Waals surface area (Å²) in [5.74, 6) is -1.000. The third-order valence-electron chi connectivity index (χ3n) is 2.12. The Kier molecular flexibility index (Phi) is 6.30. The second kappa shape index (κ2) is 8.03. The first-order valence-corrected chi connectivity index (χ1v) is 5.73. The summed E-state index contributed by atoms with van der Waals surface area (Å²) in [6, 6.07) is -0.316. The number of carbonyl (C=O) groups is 2. The third kappa shape index (κ3) is 6.36. The summed E-state index contributed by atoms with van der Waals surface area (Å²) in [5, 5.41) is 21.1. The van der Waals surface area contributed by atoms with Gasteiger partial charge in [0.2, 0.25) is 0 Å². The fourth-order valence-electron chi connectivity index (χ4n) is 1.29. The van der Waals surface area contributed by atoms with E-state index in [1.165, 1.54) is 10.9 Å². The molecule has 9 heteroatoms.